The van der Waals surface area contributed by atoms with E-state index in [1.165, 1.54) is 11.1 Å². The van der Waals surface area contributed by atoms with E-state index in [9.17, 15) is 14.7 Å². The van der Waals surface area contributed by atoms with Gasteiger partial charge in [-0.2, -0.15) is 0 Å². The highest BCUT2D eigenvalue weighted by molar-refractivity contribution is 6.00. The van der Waals surface area contributed by atoms with Gasteiger partial charge in [0, 0.05) is 61.4 Å². The fourth-order valence-corrected chi connectivity index (χ4v) is 7.28. The maximum atomic E-state index is 13.7. The van der Waals surface area contributed by atoms with E-state index >= 15 is 0 Å². The molecule has 4 aliphatic rings. The van der Waals surface area contributed by atoms with E-state index in [0.717, 1.165) is 44.2 Å². The van der Waals surface area contributed by atoms with Crippen molar-refractivity contribution in [2.75, 3.05) is 20.2 Å². The lowest BCUT2D eigenvalue weighted by molar-refractivity contribution is 0.00819. The number of hydrogen-bond acceptors (Lipinski definition) is 5. The van der Waals surface area contributed by atoms with E-state index in [1.807, 2.05) is 30.3 Å². The first-order valence-corrected chi connectivity index (χ1v) is 14.0. The Hall–Kier alpha value is -2.74. The number of carbonyl (C=O) groups is 2. The van der Waals surface area contributed by atoms with Crippen molar-refractivity contribution in [1.29, 1.82) is 0 Å². The first kappa shape index (κ1) is 25.5. The molecule has 7 nitrogen and oxygen atoms in total. The average Bonchev–Trinajstić information content (AvgIpc) is 3.19. The number of carbonyl (C=O) groups excluding carboxylic acids is 2. The lowest BCUT2D eigenvalue weighted by atomic mass is 9.77. The van der Waals surface area contributed by atoms with Crippen LogP contribution in [0.3, 0.4) is 0 Å². The van der Waals surface area contributed by atoms with Crippen LogP contribution in [0.5, 0.6) is 0 Å². The summed E-state index contributed by atoms with van der Waals surface area (Å²) in [7, 11) is 1.76. The number of ether oxygens (including phenoxy) is 1. The number of aliphatic hydroxyl groups excluding tert-OH is 1. The highest BCUT2D eigenvalue weighted by Crippen LogP contribution is 2.39. The molecule has 2 N–H and O–H groups in total. The van der Waals surface area contributed by atoms with E-state index in [4.69, 9.17) is 4.74 Å². The summed E-state index contributed by atoms with van der Waals surface area (Å²) >= 11 is 0. The lowest BCUT2D eigenvalue weighted by Crippen LogP contribution is -2.54. The van der Waals surface area contributed by atoms with Gasteiger partial charge >= 0.3 is 0 Å². The zero-order valence-corrected chi connectivity index (χ0v) is 22.7. The van der Waals surface area contributed by atoms with Crippen molar-refractivity contribution in [3.8, 4) is 0 Å². The second kappa shape index (κ2) is 9.78. The van der Waals surface area contributed by atoms with Gasteiger partial charge in [0.1, 0.15) is 0 Å². The van der Waals surface area contributed by atoms with Crippen molar-refractivity contribution < 1.29 is 19.4 Å². The maximum absolute atomic E-state index is 13.7. The van der Waals surface area contributed by atoms with E-state index in [0.29, 0.717) is 17.7 Å². The molecule has 0 saturated carbocycles. The third kappa shape index (κ3) is 4.44. The summed E-state index contributed by atoms with van der Waals surface area (Å²) in [4.78, 5) is 31.1. The zero-order valence-electron chi connectivity index (χ0n) is 22.7. The molecule has 4 aliphatic heterocycles. The number of fused-ring (bicyclic) bond motifs is 4. The molecule has 2 aromatic carbocycles. The van der Waals surface area contributed by atoms with Crippen molar-refractivity contribution in [1.82, 2.24) is 15.1 Å². The summed E-state index contributed by atoms with van der Waals surface area (Å²) in [6.07, 6.45) is 4.16. The molecule has 1 unspecified atom stereocenters. The van der Waals surface area contributed by atoms with Gasteiger partial charge in [-0.15, -0.1) is 0 Å². The summed E-state index contributed by atoms with van der Waals surface area (Å²) in [5.41, 5.74) is 4.39. The van der Waals surface area contributed by atoms with Crippen LogP contribution >= 0.6 is 0 Å². The largest absolute Gasteiger partial charge is 0.390 e. The number of nitrogens with one attached hydrogen (secondary N) is 1. The summed E-state index contributed by atoms with van der Waals surface area (Å²) in [5, 5.41) is 14.6. The molecule has 6 rings (SSSR count). The first-order valence-electron chi connectivity index (χ1n) is 14.0. The molecular formula is C31H39N3O4. The van der Waals surface area contributed by atoms with Gasteiger partial charge in [-0.1, -0.05) is 38.1 Å². The topological polar surface area (TPSA) is 82.1 Å². The van der Waals surface area contributed by atoms with Gasteiger partial charge in [0.15, 0.2) is 0 Å². The van der Waals surface area contributed by atoms with Crippen molar-refractivity contribution in [2.45, 2.75) is 88.2 Å². The fourth-order valence-electron chi connectivity index (χ4n) is 7.28. The van der Waals surface area contributed by atoms with Crippen LogP contribution < -0.4 is 5.32 Å². The Bertz CT molecular complexity index is 1230. The minimum atomic E-state index is -0.670. The SMILES string of the molecule is COC1C[C@H]2CC[C@@H](C1)N2C(=O)c1ccc2c(c1)C(C)(C)CN(C[C@@H](O)[C@@H]1Cc3ccccc3CN1)C2=O. The number of piperidine rings is 1. The number of β-amino-alcohol motifs (C(OH)–C–C–N with tert-alkyl or cyclic N) is 1. The van der Waals surface area contributed by atoms with Crippen LogP contribution in [-0.4, -0.2) is 77.3 Å². The van der Waals surface area contributed by atoms with Crippen molar-refractivity contribution in [3.63, 3.8) is 0 Å². The third-order valence-electron chi connectivity index (χ3n) is 9.34. The molecule has 2 aromatic rings. The van der Waals surface area contributed by atoms with Crippen LogP contribution in [-0.2, 0) is 23.1 Å². The van der Waals surface area contributed by atoms with Gasteiger partial charge in [0.05, 0.1) is 12.2 Å². The maximum Gasteiger partial charge on any atom is 0.254 e. The molecule has 0 aliphatic carbocycles. The van der Waals surface area contributed by atoms with Gasteiger partial charge < -0.3 is 25.0 Å². The van der Waals surface area contributed by atoms with Gasteiger partial charge in [-0.05, 0) is 67.0 Å². The number of aliphatic hydroxyl groups is 1. The normalized spacial score (nSPS) is 28.6. The number of methoxy groups -OCH3 is 1. The van der Waals surface area contributed by atoms with E-state index in [-0.39, 0.29) is 48.0 Å². The molecule has 202 valence electrons. The molecule has 38 heavy (non-hydrogen) atoms. The Morgan fingerprint density at radius 3 is 2.55 bits per heavy atom. The number of nitrogens with zero attached hydrogens (tertiary/aromatic N) is 2. The van der Waals surface area contributed by atoms with E-state index < -0.39 is 6.10 Å². The molecule has 2 fully saturated rings. The number of hydrogen-bond donors (Lipinski definition) is 2. The highest BCUT2D eigenvalue weighted by Gasteiger charge is 2.44. The van der Waals surface area contributed by atoms with Gasteiger partial charge in [0.25, 0.3) is 11.8 Å². The molecular weight excluding hydrogens is 478 g/mol. The monoisotopic (exact) mass is 517 g/mol. The Morgan fingerprint density at radius 1 is 1.13 bits per heavy atom. The molecule has 5 atom stereocenters. The standard InChI is InChI=1S/C31H39N3O4/c1-31(2)18-33(17-28(35)27-13-19-6-4-5-7-21(19)16-32-27)30(37)25-11-8-20(12-26(25)31)29(36)34-22-9-10-23(34)15-24(14-22)38-3/h4-8,11-12,22-24,27-28,32,35H,9-10,13-18H2,1-3H3/t22-,23+,24?,27-,28+/m0/s1. The number of amides is 2. The van der Waals surface area contributed by atoms with Gasteiger partial charge in [-0.3, -0.25) is 9.59 Å². The second-order valence-corrected chi connectivity index (χ2v) is 12.3. The van der Waals surface area contributed by atoms with Gasteiger partial charge in [-0.25, -0.2) is 0 Å². The molecule has 2 bridgehead atoms. The number of rotatable bonds is 5. The minimum absolute atomic E-state index is 0.0691. The van der Waals surface area contributed by atoms with Crippen LogP contribution in [0.1, 0.15) is 76.9 Å². The van der Waals surface area contributed by atoms with E-state index in [1.54, 1.807) is 12.0 Å². The highest BCUT2D eigenvalue weighted by atomic mass is 16.5. The van der Waals surface area contributed by atoms with Crippen LogP contribution in [0.4, 0.5) is 0 Å². The number of benzene rings is 2. The van der Waals surface area contributed by atoms with Crippen molar-refractivity contribution >= 4 is 11.8 Å². The van der Waals surface area contributed by atoms with Gasteiger partial charge in [0.2, 0.25) is 0 Å². The van der Waals surface area contributed by atoms with Crippen LogP contribution in [0.15, 0.2) is 42.5 Å². The molecule has 0 aromatic heterocycles. The first-order chi connectivity index (χ1) is 18.2. The summed E-state index contributed by atoms with van der Waals surface area (Å²) in [6.45, 7) is 5.74. The average molecular weight is 518 g/mol. The van der Waals surface area contributed by atoms with Crippen molar-refractivity contribution in [2.24, 2.45) is 0 Å². The molecule has 7 heteroatoms. The van der Waals surface area contributed by atoms with Crippen LogP contribution in [0.25, 0.3) is 0 Å². The summed E-state index contributed by atoms with van der Waals surface area (Å²) in [5.74, 6) is -0.00540. The quantitative estimate of drug-likeness (QED) is 0.636. The predicted octanol–water partition coefficient (Wildman–Crippen LogP) is 3.28. The lowest BCUT2D eigenvalue weighted by Gasteiger charge is -2.42. The fraction of sp³-hybridized carbons (Fsp3) is 0.548. The Labute approximate surface area is 225 Å². The molecule has 0 radical (unpaired) electrons. The van der Waals surface area contributed by atoms with E-state index in [2.05, 4.69) is 36.2 Å². The molecule has 0 spiro atoms. The summed E-state index contributed by atoms with van der Waals surface area (Å²) < 4.78 is 5.61. The second-order valence-electron chi connectivity index (χ2n) is 12.3. The third-order valence-corrected chi connectivity index (χ3v) is 9.34. The van der Waals surface area contributed by atoms with Crippen molar-refractivity contribution in [3.05, 3.63) is 70.3 Å². The summed E-state index contributed by atoms with van der Waals surface area (Å²) in [6, 6.07) is 14.3. The molecule has 4 heterocycles. The smallest absolute Gasteiger partial charge is 0.254 e. The zero-order chi connectivity index (χ0) is 26.6. The minimum Gasteiger partial charge on any atom is -0.390 e. The Kier molecular flexibility index (Phi) is 6.57. The Morgan fingerprint density at radius 2 is 1.84 bits per heavy atom. The molecule has 2 saturated heterocycles. The molecule has 2 amide bonds. The van der Waals surface area contributed by atoms with Crippen LogP contribution in [0, 0.1) is 0 Å². The van der Waals surface area contributed by atoms with Crippen LogP contribution in [0.2, 0.25) is 0 Å². The Balaban J connectivity index is 1.18. The predicted molar refractivity (Wildman–Crippen MR) is 145 cm³/mol.